The van der Waals surface area contributed by atoms with Gasteiger partial charge in [0.25, 0.3) is 5.69 Å². The van der Waals surface area contributed by atoms with E-state index >= 15 is 0 Å². The van der Waals surface area contributed by atoms with Crippen molar-refractivity contribution in [1.82, 2.24) is 0 Å². The summed E-state index contributed by atoms with van der Waals surface area (Å²) in [6, 6.07) is 6.97. The van der Waals surface area contributed by atoms with Crippen molar-refractivity contribution in [3.8, 4) is 28.2 Å². The molecule has 8 heteroatoms. The van der Waals surface area contributed by atoms with Crippen LogP contribution >= 0.6 is 0 Å². The minimum absolute atomic E-state index is 0.00768. The van der Waals surface area contributed by atoms with Gasteiger partial charge in [0, 0.05) is 11.6 Å². The van der Waals surface area contributed by atoms with Crippen LogP contribution in [0.2, 0.25) is 0 Å². The van der Waals surface area contributed by atoms with Crippen LogP contribution in [0.4, 0.5) is 10.1 Å². The highest BCUT2D eigenvalue weighted by atomic mass is 19.1. The molecule has 0 atom stereocenters. The van der Waals surface area contributed by atoms with Gasteiger partial charge in [0.2, 0.25) is 0 Å². The molecule has 0 unspecified atom stereocenters. The summed E-state index contributed by atoms with van der Waals surface area (Å²) < 4.78 is 24.9. The second kappa shape index (κ2) is 6.23. The minimum Gasteiger partial charge on any atom is -0.496 e. The van der Waals surface area contributed by atoms with Gasteiger partial charge in [-0.05, 0) is 6.07 Å². The smallest absolute Gasteiger partial charge is 0.308 e. The average Bonchev–Trinajstić information content (AvgIpc) is 2.89. The Morgan fingerprint density at radius 1 is 1.32 bits per heavy atom. The van der Waals surface area contributed by atoms with Gasteiger partial charge in [-0.3, -0.25) is 14.9 Å². The highest BCUT2D eigenvalue weighted by Crippen LogP contribution is 2.52. The largest absolute Gasteiger partial charge is 0.496 e. The van der Waals surface area contributed by atoms with Gasteiger partial charge >= 0.3 is 5.97 Å². The van der Waals surface area contributed by atoms with Crippen molar-refractivity contribution < 1.29 is 28.4 Å². The summed E-state index contributed by atoms with van der Waals surface area (Å²) in [4.78, 5) is 22.1. The highest BCUT2D eigenvalue weighted by Gasteiger charge is 2.38. The van der Waals surface area contributed by atoms with E-state index in [4.69, 9.17) is 14.3 Å². The van der Waals surface area contributed by atoms with Gasteiger partial charge in [0.1, 0.15) is 17.3 Å². The Balaban J connectivity index is 2.49. The number of nitrogens with zero attached hydrogens (tertiary/aromatic N) is 1. The van der Waals surface area contributed by atoms with Gasteiger partial charge < -0.3 is 14.3 Å². The molecular formula is C17H12FNO6. The molecule has 1 aliphatic carbocycles. The lowest BCUT2D eigenvalue weighted by Gasteiger charge is -2.09. The molecule has 0 radical (unpaired) electrons. The van der Waals surface area contributed by atoms with E-state index in [0.717, 1.165) is 0 Å². The Labute approximate surface area is 140 Å². The monoisotopic (exact) mass is 345 g/mol. The number of methoxy groups -OCH3 is 1. The molecule has 1 aliphatic heterocycles. The van der Waals surface area contributed by atoms with Crippen LogP contribution in [0.25, 0.3) is 22.5 Å². The number of carboxylic acids is 1. The van der Waals surface area contributed by atoms with E-state index in [1.165, 1.54) is 43.7 Å². The number of benzene rings is 1. The van der Waals surface area contributed by atoms with Crippen LogP contribution in [0.1, 0.15) is 5.56 Å². The summed E-state index contributed by atoms with van der Waals surface area (Å²) in [5.74, 6) is -1.73. The third-order valence-electron chi connectivity index (χ3n) is 3.80. The Bertz CT molecular complexity index is 948. The first-order valence-corrected chi connectivity index (χ1v) is 7.16. The van der Waals surface area contributed by atoms with Gasteiger partial charge in [0.15, 0.2) is 0 Å². The number of hydrogen-bond donors (Lipinski definition) is 1. The maximum Gasteiger partial charge on any atom is 0.308 e. The molecule has 1 heterocycles. The topological polar surface area (TPSA) is 103 Å². The van der Waals surface area contributed by atoms with Crippen LogP contribution in [-0.4, -0.2) is 23.1 Å². The molecule has 0 spiro atoms. The average molecular weight is 345 g/mol. The maximum absolute atomic E-state index is 14.3. The van der Waals surface area contributed by atoms with E-state index in [1.54, 1.807) is 0 Å². The summed E-state index contributed by atoms with van der Waals surface area (Å²) in [5.41, 5.74) is -0.565. The van der Waals surface area contributed by atoms with Crippen molar-refractivity contribution in [1.29, 1.82) is 0 Å². The molecule has 1 aromatic rings. The maximum atomic E-state index is 14.3. The number of rotatable bonds is 5. The molecule has 128 valence electrons. The predicted molar refractivity (Wildman–Crippen MR) is 85.3 cm³/mol. The summed E-state index contributed by atoms with van der Waals surface area (Å²) in [7, 11) is 1.36. The zero-order chi connectivity index (χ0) is 18.1. The molecule has 0 fully saturated rings. The molecule has 2 aliphatic rings. The Kier molecular flexibility index (Phi) is 4.10. The summed E-state index contributed by atoms with van der Waals surface area (Å²) in [5, 5.41) is 20.8. The third kappa shape index (κ3) is 2.67. The van der Waals surface area contributed by atoms with E-state index in [2.05, 4.69) is 0 Å². The Hall–Kier alpha value is -3.42. The molecule has 1 aromatic carbocycles. The predicted octanol–water partition coefficient (Wildman–Crippen LogP) is 3.73. The van der Waals surface area contributed by atoms with Gasteiger partial charge in [0.05, 0.1) is 41.4 Å². The molecule has 0 aromatic heterocycles. The number of nitro groups is 1. The lowest BCUT2D eigenvalue weighted by atomic mass is 10.0. The summed E-state index contributed by atoms with van der Waals surface area (Å²) >= 11 is 0. The van der Waals surface area contributed by atoms with Crippen molar-refractivity contribution in [3.05, 3.63) is 58.1 Å². The molecule has 1 N–H and O–H groups in total. The lowest BCUT2D eigenvalue weighted by molar-refractivity contribution is -0.384. The fourth-order valence-corrected chi connectivity index (χ4v) is 2.87. The van der Waals surface area contributed by atoms with Crippen LogP contribution in [-0.2, 0) is 11.2 Å². The summed E-state index contributed by atoms with van der Waals surface area (Å²) in [6.07, 6.45) is 0.597. The van der Waals surface area contributed by atoms with E-state index in [0.29, 0.717) is 0 Å². The molecule has 0 saturated heterocycles. The van der Waals surface area contributed by atoms with Crippen LogP contribution in [0.15, 0.2) is 41.0 Å². The van der Waals surface area contributed by atoms with Crippen molar-refractivity contribution in [2.45, 2.75) is 6.42 Å². The number of fused-ring (bicyclic) bond motifs is 1. The Morgan fingerprint density at radius 3 is 2.64 bits per heavy atom. The molecule has 0 amide bonds. The SMILES string of the molecule is COc1ccoc2c(CC(=O)O)c([N+](=O)[O-])c(-c3ccccc3F)c1-2. The first-order valence-electron chi connectivity index (χ1n) is 7.16. The molecular weight excluding hydrogens is 333 g/mol. The number of aliphatic carboxylic acids is 1. The van der Waals surface area contributed by atoms with E-state index in [1.807, 2.05) is 0 Å². The van der Waals surface area contributed by atoms with Crippen LogP contribution in [0.5, 0.6) is 5.75 Å². The van der Waals surface area contributed by atoms with Crippen LogP contribution in [0.3, 0.4) is 0 Å². The van der Waals surface area contributed by atoms with Crippen molar-refractivity contribution in [2.24, 2.45) is 0 Å². The number of carboxylic acid groups (broad SMARTS) is 1. The number of carbonyl (C=O) groups is 1. The summed E-state index contributed by atoms with van der Waals surface area (Å²) in [6.45, 7) is 0. The number of ether oxygens (including phenoxy) is 1. The molecule has 7 nitrogen and oxygen atoms in total. The van der Waals surface area contributed by atoms with Crippen molar-refractivity contribution in [3.63, 3.8) is 0 Å². The van der Waals surface area contributed by atoms with E-state index in [-0.39, 0.29) is 33.8 Å². The molecule has 0 bridgehead atoms. The first-order chi connectivity index (χ1) is 12.0. The molecule has 3 rings (SSSR count). The van der Waals surface area contributed by atoms with Crippen LogP contribution < -0.4 is 4.74 Å². The Morgan fingerprint density at radius 2 is 2.04 bits per heavy atom. The van der Waals surface area contributed by atoms with Crippen molar-refractivity contribution >= 4 is 11.7 Å². The van der Waals surface area contributed by atoms with Crippen LogP contribution in [0, 0.1) is 15.9 Å². The third-order valence-corrected chi connectivity index (χ3v) is 3.80. The zero-order valence-electron chi connectivity index (χ0n) is 13.0. The normalized spacial score (nSPS) is 10.8. The van der Waals surface area contributed by atoms with Crippen molar-refractivity contribution in [2.75, 3.05) is 7.11 Å². The van der Waals surface area contributed by atoms with E-state index in [9.17, 15) is 19.3 Å². The van der Waals surface area contributed by atoms with E-state index < -0.39 is 28.8 Å². The fraction of sp³-hybridized carbons (Fsp3) is 0.118. The van der Waals surface area contributed by atoms with Gasteiger partial charge in [-0.2, -0.15) is 0 Å². The minimum atomic E-state index is -1.27. The number of halogens is 1. The number of hydrogen-bond acceptors (Lipinski definition) is 5. The first kappa shape index (κ1) is 16.4. The van der Waals surface area contributed by atoms with Gasteiger partial charge in [-0.15, -0.1) is 0 Å². The second-order valence-electron chi connectivity index (χ2n) is 5.20. The standard InChI is InChI=1S/C17H12FNO6/c1-24-12-6-7-25-17-10(8-13(20)21)16(19(22)23)14(15(12)17)9-4-2-3-5-11(9)18/h2-7H,8H2,1H3,(H,20,21). The highest BCUT2D eigenvalue weighted by molar-refractivity contribution is 5.99. The van der Waals surface area contributed by atoms with Gasteiger partial charge in [-0.25, -0.2) is 4.39 Å². The van der Waals surface area contributed by atoms with Gasteiger partial charge in [-0.1, -0.05) is 18.2 Å². The molecule has 25 heavy (non-hydrogen) atoms. The molecule has 0 saturated carbocycles. The fourth-order valence-electron chi connectivity index (χ4n) is 2.87. The second-order valence-corrected chi connectivity index (χ2v) is 5.20. The lowest BCUT2D eigenvalue weighted by Crippen LogP contribution is -2.03. The zero-order valence-corrected chi connectivity index (χ0v) is 13.0. The quantitative estimate of drug-likeness (QED) is 0.558.